The number of nitrogens with zero attached hydrogens (tertiary/aromatic N) is 2. The standard InChI is InChI=1S/C20H22N4O2S/c25-20(21-15-8-2-1-3-9-15)22-16-10-5-4-7-14(16)13-18-23-19(24-26-18)17-11-6-12-27-17/h4-7,10-12,15H,1-3,8-9,13H2,(H2,21,22,25). The highest BCUT2D eigenvalue weighted by Crippen LogP contribution is 2.24. The van der Waals surface area contributed by atoms with E-state index < -0.39 is 0 Å². The van der Waals surface area contributed by atoms with E-state index in [4.69, 9.17) is 4.52 Å². The summed E-state index contributed by atoms with van der Waals surface area (Å²) in [5, 5.41) is 12.1. The molecule has 0 radical (unpaired) electrons. The largest absolute Gasteiger partial charge is 0.339 e. The van der Waals surface area contributed by atoms with Gasteiger partial charge in [-0.25, -0.2) is 4.79 Å². The van der Waals surface area contributed by atoms with Crippen LogP contribution in [0.5, 0.6) is 0 Å². The molecule has 1 fully saturated rings. The predicted octanol–water partition coefficient (Wildman–Crippen LogP) is 4.84. The third-order valence-electron chi connectivity index (χ3n) is 4.76. The van der Waals surface area contributed by atoms with Crippen molar-refractivity contribution in [2.45, 2.75) is 44.6 Å². The monoisotopic (exact) mass is 382 g/mol. The number of carbonyl (C=O) groups is 1. The van der Waals surface area contributed by atoms with Crippen molar-refractivity contribution in [3.05, 3.63) is 53.2 Å². The molecule has 1 aliphatic carbocycles. The van der Waals surface area contributed by atoms with Gasteiger partial charge in [0.05, 0.1) is 11.3 Å². The molecule has 0 bridgehead atoms. The van der Waals surface area contributed by atoms with E-state index in [2.05, 4.69) is 20.8 Å². The van der Waals surface area contributed by atoms with Gasteiger partial charge in [0.15, 0.2) is 0 Å². The minimum Gasteiger partial charge on any atom is -0.339 e. The summed E-state index contributed by atoms with van der Waals surface area (Å²) in [5.74, 6) is 1.13. The van der Waals surface area contributed by atoms with Gasteiger partial charge in [0.25, 0.3) is 0 Å². The summed E-state index contributed by atoms with van der Waals surface area (Å²) in [6.07, 6.45) is 6.22. The topological polar surface area (TPSA) is 80.1 Å². The number of rotatable bonds is 5. The summed E-state index contributed by atoms with van der Waals surface area (Å²) in [4.78, 5) is 17.8. The molecule has 6 nitrogen and oxygen atoms in total. The molecule has 1 aromatic carbocycles. The first-order chi connectivity index (χ1) is 13.3. The van der Waals surface area contributed by atoms with Crippen LogP contribution in [0.3, 0.4) is 0 Å². The van der Waals surface area contributed by atoms with Crippen molar-refractivity contribution in [2.75, 3.05) is 5.32 Å². The fourth-order valence-electron chi connectivity index (χ4n) is 3.38. The van der Waals surface area contributed by atoms with Crippen LogP contribution in [0, 0.1) is 0 Å². The van der Waals surface area contributed by atoms with Crippen LogP contribution in [0.1, 0.15) is 43.6 Å². The molecule has 0 atom stereocenters. The Kier molecular flexibility index (Phi) is 5.48. The maximum absolute atomic E-state index is 12.4. The van der Waals surface area contributed by atoms with E-state index in [1.807, 2.05) is 41.8 Å². The number of nitrogens with one attached hydrogen (secondary N) is 2. The van der Waals surface area contributed by atoms with Crippen molar-refractivity contribution in [3.63, 3.8) is 0 Å². The van der Waals surface area contributed by atoms with Crippen molar-refractivity contribution in [2.24, 2.45) is 0 Å². The molecule has 0 saturated heterocycles. The van der Waals surface area contributed by atoms with Gasteiger partial charge in [-0.1, -0.05) is 48.7 Å². The normalized spacial score (nSPS) is 14.8. The Hall–Kier alpha value is -2.67. The molecule has 2 heterocycles. The number of thiophene rings is 1. The Balaban J connectivity index is 1.42. The fourth-order valence-corrected chi connectivity index (χ4v) is 4.03. The SMILES string of the molecule is O=C(Nc1ccccc1Cc1nc(-c2cccs2)no1)NC1CCCCC1. The molecule has 27 heavy (non-hydrogen) atoms. The maximum atomic E-state index is 12.4. The first-order valence-electron chi connectivity index (χ1n) is 9.30. The second kappa shape index (κ2) is 8.35. The Labute approximate surface area is 162 Å². The highest BCUT2D eigenvalue weighted by Gasteiger charge is 2.17. The van der Waals surface area contributed by atoms with Gasteiger partial charge in [-0.3, -0.25) is 0 Å². The first kappa shape index (κ1) is 17.7. The quantitative estimate of drug-likeness (QED) is 0.661. The van der Waals surface area contributed by atoms with Crippen molar-refractivity contribution in [3.8, 4) is 10.7 Å². The lowest BCUT2D eigenvalue weighted by atomic mass is 9.96. The molecule has 0 spiro atoms. The smallest absolute Gasteiger partial charge is 0.319 e. The highest BCUT2D eigenvalue weighted by molar-refractivity contribution is 7.13. The molecule has 140 valence electrons. The summed E-state index contributed by atoms with van der Waals surface area (Å²) >= 11 is 1.57. The summed E-state index contributed by atoms with van der Waals surface area (Å²) in [6.45, 7) is 0. The molecule has 2 amide bonds. The third-order valence-corrected chi connectivity index (χ3v) is 5.62. The van der Waals surface area contributed by atoms with Crippen molar-refractivity contribution in [1.29, 1.82) is 0 Å². The Bertz CT molecular complexity index is 885. The highest BCUT2D eigenvalue weighted by atomic mass is 32.1. The van der Waals surface area contributed by atoms with Crippen LogP contribution in [0.2, 0.25) is 0 Å². The van der Waals surface area contributed by atoms with Crippen LogP contribution in [0.25, 0.3) is 10.7 Å². The minimum atomic E-state index is -0.154. The summed E-state index contributed by atoms with van der Waals surface area (Å²) in [7, 11) is 0. The molecule has 2 aromatic heterocycles. The number of hydrogen-bond donors (Lipinski definition) is 2. The molecular weight excluding hydrogens is 360 g/mol. The van der Waals surface area contributed by atoms with Gasteiger partial charge in [0.1, 0.15) is 0 Å². The Morgan fingerprint density at radius 1 is 1.15 bits per heavy atom. The van der Waals surface area contributed by atoms with E-state index in [9.17, 15) is 4.79 Å². The van der Waals surface area contributed by atoms with Crippen LogP contribution in [-0.4, -0.2) is 22.2 Å². The molecule has 2 N–H and O–H groups in total. The number of hydrogen-bond acceptors (Lipinski definition) is 5. The van der Waals surface area contributed by atoms with Crippen molar-refractivity contribution in [1.82, 2.24) is 15.5 Å². The van der Waals surface area contributed by atoms with E-state index >= 15 is 0 Å². The van der Waals surface area contributed by atoms with Crippen molar-refractivity contribution >= 4 is 23.1 Å². The van der Waals surface area contributed by atoms with Crippen LogP contribution in [0.4, 0.5) is 10.5 Å². The maximum Gasteiger partial charge on any atom is 0.319 e. The number of para-hydroxylation sites is 1. The van der Waals surface area contributed by atoms with Gasteiger partial charge in [0.2, 0.25) is 11.7 Å². The average molecular weight is 382 g/mol. The summed E-state index contributed by atoms with van der Waals surface area (Å²) in [6, 6.07) is 11.7. The van der Waals surface area contributed by atoms with E-state index in [0.29, 0.717) is 18.1 Å². The molecule has 4 rings (SSSR count). The van der Waals surface area contributed by atoms with Crippen LogP contribution >= 0.6 is 11.3 Å². The van der Waals surface area contributed by atoms with E-state index in [1.165, 1.54) is 19.3 Å². The third kappa shape index (κ3) is 4.54. The summed E-state index contributed by atoms with van der Waals surface area (Å²) in [5.41, 5.74) is 1.71. The van der Waals surface area contributed by atoms with Crippen LogP contribution in [0.15, 0.2) is 46.3 Å². The average Bonchev–Trinajstić information content (AvgIpc) is 3.36. The molecule has 1 saturated carbocycles. The number of urea groups is 1. The molecular formula is C20H22N4O2S. The lowest BCUT2D eigenvalue weighted by molar-refractivity contribution is 0.244. The second-order valence-electron chi connectivity index (χ2n) is 6.76. The first-order valence-corrected chi connectivity index (χ1v) is 10.2. The van der Waals surface area contributed by atoms with Crippen molar-refractivity contribution < 1.29 is 9.32 Å². The van der Waals surface area contributed by atoms with Gasteiger partial charge in [-0.2, -0.15) is 4.98 Å². The molecule has 0 aliphatic heterocycles. The summed E-state index contributed by atoms with van der Waals surface area (Å²) < 4.78 is 5.39. The Morgan fingerprint density at radius 3 is 2.81 bits per heavy atom. The van der Waals surface area contributed by atoms with Gasteiger partial charge in [-0.15, -0.1) is 11.3 Å². The molecule has 0 unspecified atom stereocenters. The predicted molar refractivity (Wildman–Crippen MR) is 106 cm³/mol. The van der Waals surface area contributed by atoms with E-state index in [-0.39, 0.29) is 12.1 Å². The minimum absolute atomic E-state index is 0.154. The zero-order valence-electron chi connectivity index (χ0n) is 15.0. The van der Waals surface area contributed by atoms with Gasteiger partial charge in [0, 0.05) is 11.7 Å². The van der Waals surface area contributed by atoms with Gasteiger partial charge < -0.3 is 15.2 Å². The number of anilines is 1. The molecule has 1 aliphatic rings. The van der Waals surface area contributed by atoms with Gasteiger partial charge in [-0.05, 0) is 35.9 Å². The zero-order valence-corrected chi connectivity index (χ0v) is 15.8. The Morgan fingerprint density at radius 2 is 2.00 bits per heavy atom. The van der Waals surface area contributed by atoms with E-state index in [1.54, 1.807) is 11.3 Å². The zero-order chi connectivity index (χ0) is 18.5. The van der Waals surface area contributed by atoms with Crippen LogP contribution in [-0.2, 0) is 6.42 Å². The number of aromatic nitrogens is 2. The van der Waals surface area contributed by atoms with Gasteiger partial charge >= 0.3 is 6.03 Å². The lowest BCUT2D eigenvalue weighted by Crippen LogP contribution is -2.39. The molecule has 7 heteroatoms. The lowest BCUT2D eigenvalue weighted by Gasteiger charge is -2.23. The van der Waals surface area contributed by atoms with E-state index in [0.717, 1.165) is 29.0 Å². The second-order valence-corrected chi connectivity index (χ2v) is 7.70. The number of amides is 2. The fraction of sp³-hybridized carbons (Fsp3) is 0.350. The number of benzene rings is 1. The van der Waals surface area contributed by atoms with Crippen LogP contribution < -0.4 is 10.6 Å². The molecule has 3 aromatic rings. The number of carbonyl (C=O) groups excluding carboxylic acids is 1.